The molecule has 18 heavy (non-hydrogen) atoms. The lowest BCUT2D eigenvalue weighted by Crippen LogP contribution is -2.33. The number of aromatic nitrogens is 3. The monoisotopic (exact) mass is 253 g/mol. The molecule has 1 aromatic heterocycles. The summed E-state index contributed by atoms with van der Waals surface area (Å²) < 4.78 is 0. The van der Waals surface area contributed by atoms with Crippen LogP contribution in [-0.2, 0) is 5.41 Å². The van der Waals surface area contributed by atoms with E-state index in [4.69, 9.17) is 0 Å². The third kappa shape index (κ3) is 4.10. The standard InChI is InChI=1S/C12H23N5O/c1-6-17(5)8-7-13-10(18)9-14-11(16-15-9)12(2,3)4/h6-8H2,1-5H3,(H,13,18)(H,14,15,16). The smallest absolute Gasteiger partial charge is 0.291 e. The van der Waals surface area contributed by atoms with E-state index in [2.05, 4.69) is 32.3 Å². The molecule has 0 atom stereocenters. The van der Waals surface area contributed by atoms with Crippen LogP contribution in [0.4, 0.5) is 0 Å². The SMILES string of the molecule is CCN(C)CCNC(=O)c1n[nH]c(C(C)(C)C)n1. The van der Waals surface area contributed by atoms with E-state index in [1.54, 1.807) is 0 Å². The van der Waals surface area contributed by atoms with Gasteiger partial charge < -0.3 is 10.2 Å². The molecular weight excluding hydrogens is 230 g/mol. The van der Waals surface area contributed by atoms with Crippen molar-refractivity contribution in [3.05, 3.63) is 11.6 Å². The normalized spacial score (nSPS) is 11.9. The Kier molecular flexibility index (Phi) is 4.84. The molecule has 1 heterocycles. The van der Waals surface area contributed by atoms with Crippen molar-refractivity contribution in [1.29, 1.82) is 0 Å². The molecule has 1 rings (SSSR count). The summed E-state index contributed by atoms with van der Waals surface area (Å²) in [6.45, 7) is 10.5. The van der Waals surface area contributed by atoms with Gasteiger partial charge in [0.15, 0.2) is 0 Å². The molecule has 0 aliphatic heterocycles. The van der Waals surface area contributed by atoms with Gasteiger partial charge >= 0.3 is 0 Å². The second-order valence-corrected chi connectivity index (χ2v) is 5.41. The van der Waals surface area contributed by atoms with Crippen molar-refractivity contribution in [3.8, 4) is 0 Å². The summed E-state index contributed by atoms with van der Waals surface area (Å²) in [5.41, 5.74) is -0.131. The molecule has 0 fully saturated rings. The lowest BCUT2D eigenvalue weighted by Gasteiger charge is -2.13. The minimum Gasteiger partial charge on any atom is -0.348 e. The summed E-state index contributed by atoms with van der Waals surface area (Å²) in [7, 11) is 2.01. The van der Waals surface area contributed by atoms with Crippen LogP contribution in [0.3, 0.4) is 0 Å². The third-order valence-corrected chi connectivity index (χ3v) is 2.72. The van der Waals surface area contributed by atoms with E-state index in [0.29, 0.717) is 6.54 Å². The van der Waals surface area contributed by atoms with Gasteiger partial charge in [-0.1, -0.05) is 27.7 Å². The van der Waals surface area contributed by atoms with Crippen molar-refractivity contribution in [2.24, 2.45) is 0 Å². The largest absolute Gasteiger partial charge is 0.348 e. The summed E-state index contributed by atoms with van der Waals surface area (Å²) in [5.74, 6) is 0.698. The van der Waals surface area contributed by atoms with Crippen molar-refractivity contribution in [2.75, 3.05) is 26.7 Å². The van der Waals surface area contributed by atoms with E-state index < -0.39 is 0 Å². The quantitative estimate of drug-likeness (QED) is 0.813. The highest BCUT2D eigenvalue weighted by atomic mass is 16.2. The first kappa shape index (κ1) is 14.6. The van der Waals surface area contributed by atoms with E-state index in [1.165, 1.54) is 0 Å². The number of carbonyl (C=O) groups is 1. The van der Waals surface area contributed by atoms with E-state index in [1.807, 2.05) is 27.8 Å². The fourth-order valence-corrected chi connectivity index (χ4v) is 1.30. The van der Waals surface area contributed by atoms with Gasteiger partial charge in [-0.3, -0.25) is 9.89 Å². The number of rotatable bonds is 5. The third-order valence-electron chi connectivity index (χ3n) is 2.72. The first-order valence-corrected chi connectivity index (χ1v) is 6.24. The second kappa shape index (κ2) is 5.95. The van der Waals surface area contributed by atoms with Crippen molar-refractivity contribution in [2.45, 2.75) is 33.1 Å². The first-order valence-electron chi connectivity index (χ1n) is 6.24. The molecule has 102 valence electrons. The lowest BCUT2D eigenvalue weighted by molar-refractivity contribution is 0.0940. The molecule has 0 aliphatic carbocycles. The summed E-state index contributed by atoms with van der Waals surface area (Å²) in [5, 5.41) is 9.55. The predicted molar refractivity (Wildman–Crippen MR) is 70.6 cm³/mol. The highest BCUT2D eigenvalue weighted by Crippen LogP contribution is 2.17. The Morgan fingerprint density at radius 1 is 1.44 bits per heavy atom. The molecule has 6 nitrogen and oxygen atoms in total. The van der Waals surface area contributed by atoms with Gasteiger partial charge in [-0.2, -0.15) is 0 Å². The van der Waals surface area contributed by atoms with Crippen molar-refractivity contribution >= 4 is 5.91 Å². The van der Waals surface area contributed by atoms with E-state index in [9.17, 15) is 4.79 Å². The molecule has 0 unspecified atom stereocenters. The van der Waals surface area contributed by atoms with Crippen LogP contribution in [-0.4, -0.2) is 52.7 Å². The van der Waals surface area contributed by atoms with E-state index in [0.717, 1.165) is 18.9 Å². The zero-order valence-corrected chi connectivity index (χ0v) is 11.9. The number of likely N-dealkylation sites (N-methyl/N-ethyl adjacent to an activating group) is 1. The number of H-pyrrole nitrogens is 1. The Bertz CT molecular complexity index is 393. The number of carbonyl (C=O) groups excluding carboxylic acids is 1. The maximum absolute atomic E-state index is 11.8. The van der Waals surface area contributed by atoms with Gasteiger partial charge in [-0.15, -0.1) is 5.10 Å². The predicted octanol–water partition coefficient (Wildman–Crippen LogP) is 0.784. The molecule has 0 saturated carbocycles. The van der Waals surface area contributed by atoms with Gasteiger partial charge in [-0.05, 0) is 13.6 Å². The molecule has 0 radical (unpaired) electrons. The average molecular weight is 253 g/mol. The van der Waals surface area contributed by atoms with Crippen LogP contribution < -0.4 is 5.32 Å². The lowest BCUT2D eigenvalue weighted by atomic mass is 9.96. The molecule has 6 heteroatoms. The number of hydrogen-bond acceptors (Lipinski definition) is 4. The molecule has 0 saturated heterocycles. The number of hydrogen-bond donors (Lipinski definition) is 2. The maximum Gasteiger partial charge on any atom is 0.291 e. The zero-order chi connectivity index (χ0) is 13.8. The van der Waals surface area contributed by atoms with Crippen molar-refractivity contribution in [3.63, 3.8) is 0 Å². The summed E-state index contributed by atoms with van der Waals surface area (Å²) in [4.78, 5) is 18.1. The highest BCUT2D eigenvalue weighted by molar-refractivity contribution is 5.90. The minimum absolute atomic E-state index is 0.131. The number of aromatic amines is 1. The van der Waals surface area contributed by atoms with Crippen LogP contribution >= 0.6 is 0 Å². The molecule has 1 amide bonds. The number of nitrogens with one attached hydrogen (secondary N) is 2. The van der Waals surface area contributed by atoms with E-state index in [-0.39, 0.29) is 17.1 Å². The van der Waals surface area contributed by atoms with Gasteiger partial charge in [0.25, 0.3) is 5.91 Å². The molecule has 0 aliphatic rings. The van der Waals surface area contributed by atoms with E-state index >= 15 is 0 Å². The van der Waals surface area contributed by atoms with Gasteiger partial charge in [-0.25, -0.2) is 4.98 Å². The Hall–Kier alpha value is -1.43. The Labute approximate surface area is 108 Å². The van der Waals surface area contributed by atoms with Crippen LogP contribution in [0.1, 0.15) is 44.1 Å². The van der Waals surface area contributed by atoms with Crippen LogP contribution in [0.25, 0.3) is 0 Å². The average Bonchev–Trinajstić information content (AvgIpc) is 2.77. The highest BCUT2D eigenvalue weighted by Gasteiger charge is 2.20. The van der Waals surface area contributed by atoms with Crippen LogP contribution in [0.15, 0.2) is 0 Å². The Balaban J connectivity index is 2.50. The Morgan fingerprint density at radius 2 is 2.11 bits per heavy atom. The van der Waals surface area contributed by atoms with Gasteiger partial charge in [0.2, 0.25) is 5.82 Å². The maximum atomic E-state index is 11.8. The van der Waals surface area contributed by atoms with Gasteiger partial charge in [0.1, 0.15) is 5.82 Å². The van der Waals surface area contributed by atoms with Crippen molar-refractivity contribution in [1.82, 2.24) is 25.4 Å². The Morgan fingerprint density at radius 3 is 2.61 bits per heavy atom. The van der Waals surface area contributed by atoms with Crippen LogP contribution in [0.2, 0.25) is 0 Å². The molecule has 0 aromatic carbocycles. The fourth-order valence-electron chi connectivity index (χ4n) is 1.30. The molecule has 0 bridgehead atoms. The molecule has 0 spiro atoms. The summed E-state index contributed by atoms with van der Waals surface area (Å²) in [6, 6.07) is 0. The molecule has 2 N–H and O–H groups in total. The molecule has 1 aromatic rings. The summed E-state index contributed by atoms with van der Waals surface area (Å²) >= 11 is 0. The zero-order valence-electron chi connectivity index (χ0n) is 11.9. The second-order valence-electron chi connectivity index (χ2n) is 5.41. The summed E-state index contributed by atoms with van der Waals surface area (Å²) in [6.07, 6.45) is 0. The fraction of sp³-hybridized carbons (Fsp3) is 0.750. The molecular formula is C12H23N5O. The van der Waals surface area contributed by atoms with Crippen LogP contribution in [0, 0.1) is 0 Å². The van der Waals surface area contributed by atoms with Gasteiger partial charge in [0, 0.05) is 18.5 Å². The van der Waals surface area contributed by atoms with Gasteiger partial charge in [0.05, 0.1) is 0 Å². The topological polar surface area (TPSA) is 73.9 Å². The van der Waals surface area contributed by atoms with Crippen molar-refractivity contribution < 1.29 is 4.79 Å². The minimum atomic E-state index is -0.230. The van der Waals surface area contributed by atoms with Crippen LogP contribution in [0.5, 0.6) is 0 Å². The number of amides is 1. The number of nitrogens with zero attached hydrogens (tertiary/aromatic N) is 3. The first-order chi connectivity index (χ1) is 8.34.